The lowest BCUT2D eigenvalue weighted by molar-refractivity contribution is -0.383. The molecule has 2 aromatic rings. The smallest absolute Gasteiger partial charge is 0.339 e. The predicted octanol–water partition coefficient (Wildman–Crippen LogP) is 3.40. The van der Waals surface area contributed by atoms with Gasteiger partial charge >= 0.3 is 5.97 Å². The van der Waals surface area contributed by atoms with Crippen molar-refractivity contribution in [2.75, 3.05) is 5.32 Å². The van der Waals surface area contributed by atoms with Gasteiger partial charge in [-0.1, -0.05) is 29.8 Å². The van der Waals surface area contributed by atoms with Crippen LogP contribution in [0.15, 0.2) is 42.5 Å². The van der Waals surface area contributed by atoms with E-state index in [1.54, 1.807) is 25.1 Å². The van der Waals surface area contributed by atoms with Crippen LogP contribution in [0.3, 0.4) is 0 Å². The second-order valence-electron chi connectivity index (χ2n) is 5.63. The van der Waals surface area contributed by atoms with Gasteiger partial charge in [0.25, 0.3) is 11.6 Å². The quantitative estimate of drug-likeness (QED) is 0.510. The van der Waals surface area contributed by atoms with Crippen LogP contribution < -0.4 is 5.32 Å². The van der Waals surface area contributed by atoms with E-state index in [4.69, 9.17) is 4.74 Å². The maximum absolute atomic E-state index is 12.2. The number of anilines is 1. The summed E-state index contributed by atoms with van der Waals surface area (Å²) < 4.78 is 5.19. The molecule has 1 amide bonds. The van der Waals surface area contributed by atoms with Crippen molar-refractivity contribution in [1.82, 2.24) is 0 Å². The molecule has 0 aliphatic rings. The zero-order valence-electron chi connectivity index (χ0n) is 14.1. The Morgan fingerprint density at radius 2 is 1.84 bits per heavy atom. The first-order valence-electron chi connectivity index (χ1n) is 7.62. The van der Waals surface area contributed by atoms with Crippen molar-refractivity contribution in [1.29, 1.82) is 0 Å². The Bertz CT molecular complexity index is 832. The molecule has 7 nitrogen and oxygen atoms in total. The van der Waals surface area contributed by atoms with Crippen molar-refractivity contribution >= 4 is 23.3 Å². The van der Waals surface area contributed by atoms with Gasteiger partial charge < -0.3 is 10.1 Å². The predicted molar refractivity (Wildman–Crippen MR) is 92.5 cm³/mol. The normalized spacial score (nSPS) is 11.5. The van der Waals surface area contributed by atoms with Crippen molar-refractivity contribution in [3.63, 3.8) is 0 Å². The molecule has 0 aromatic heterocycles. The van der Waals surface area contributed by atoms with E-state index in [1.165, 1.54) is 25.1 Å². The molecule has 0 aliphatic heterocycles. The number of hydrogen-bond donors (Lipinski definition) is 1. The lowest BCUT2D eigenvalue weighted by Crippen LogP contribution is -2.30. The molecule has 2 aromatic carbocycles. The Hall–Kier alpha value is -3.22. The second-order valence-corrected chi connectivity index (χ2v) is 5.63. The molecule has 1 N–H and O–H groups in total. The van der Waals surface area contributed by atoms with Gasteiger partial charge in [-0.25, -0.2) is 4.79 Å². The van der Waals surface area contributed by atoms with E-state index in [1.807, 2.05) is 13.0 Å². The van der Waals surface area contributed by atoms with Crippen LogP contribution in [0.25, 0.3) is 0 Å². The van der Waals surface area contributed by atoms with Crippen LogP contribution in [-0.2, 0) is 9.53 Å². The number of carbonyl (C=O) groups excluding carboxylic acids is 2. The number of amides is 1. The summed E-state index contributed by atoms with van der Waals surface area (Å²) >= 11 is 0. The van der Waals surface area contributed by atoms with Gasteiger partial charge in [0.15, 0.2) is 6.10 Å². The lowest BCUT2D eigenvalue weighted by Gasteiger charge is -2.14. The highest BCUT2D eigenvalue weighted by Gasteiger charge is 2.22. The molecule has 0 bridgehead atoms. The molecule has 0 saturated carbocycles. The Morgan fingerprint density at radius 3 is 2.52 bits per heavy atom. The molecule has 0 heterocycles. The lowest BCUT2D eigenvalue weighted by atomic mass is 10.1. The fourth-order valence-corrected chi connectivity index (χ4v) is 2.21. The first-order valence-corrected chi connectivity index (χ1v) is 7.62. The van der Waals surface area contributed by atoms with Gasteiger partial charge in [-0.15, -0.1) is 0 Å². The van der Waals surface area contributed by atoms with Crippen LogP contribution in [0.5, 0.6) is 0 Å². The molecule has 0 spiro atoms. The van der Waals surface area contributed by atoms with Crippen LogP contribution in [0.4, 0.5) is 11.4 Å². The minimum Gasteiger partial charge on any atom is -0.449 e. The van der Waals surface area contributed by atoms with Gasteiger partial charge in [0.1, 0.15) is 5.69 Å². The van der Waals surface area contributed by atoms with Gasteiger partial charge in [-0.05, 0) is 38.5 Å². The van der Waals surface area contributed by atoms with E-state index in [0.29, 0.717) is 5.56 Å². The highest BCUT2D eigenvalue weighted by molar-refractivity contribution is 5.99. The van der Waals surface area contributed by atoms with Gasteiger partial charge in [0.05, 0.1) is 10.5 Å². The summed E-state index contributed by atoms with van der Waals surface area (Å²) in [7, 11) is 0. The Morgan fingerprint density at radius 1 is 1.16 bits per heavy atom. The summed E-state index contributed by atoms with van der Waals surface area (Å²) in [5.41, 5.74) is 1.83. The third kappa shape index (κ3) is 4.41. The number of aryl methyl sites for hydroxylation is 2. The maximum Gasteiger partial charge on any atom is 0.339 e. The Balaban J connectivity index is 2.09. The number of rotatable bonds is 5. The largest absolute Gasteiger partial charge is 0.449 e. The van der Waals surface area contributed by atoms with Gasteiger partial charge in [0.2, 0.25) is 0 Å². The van der Waals surface area contributed by atoms with E-state index in [9.17, 15) is 19.7 Å². The van der Waals surface area contributed by atoms with Crippen LogP contribution >= 0.6 is 0 Å². The molecule has 130 valence electrons. The number of para-hydroxylation sites is 2. The highest BCUT2D eigenvalue weighted by atomic mass is 16.6. The average molecular weight is 342 g/mol. The first-order chi connectivity index (χ1) is 11.8. The number of nitro benzene ring substituents is 1. The minimum absolute atomic E-state index is 0.0483. The van der Waals surface area contributed by atoms with Crippen molar-refractivity contribution < 1.29 is 19.2 Å². The molecule has 7 heteroatoms. The van der Waals surface area contributed by atoms with Gasteiger partial charge in [0, 0.05) is 6.07 Å². The number of benzene rings is 2. The SMILES string of the molecule is Cc1ccc(C)c(C(=O)O[C@@H](C)C(=O)Nc2ccccc2[N+](=O)[O-])c1. The average Bonchev–Trinajstić information content (AvgIpc) is 2.57. The molecule has 2 rings (SSSR count). The monoisotopic (exact) mass is 342 g/mol. The molecule has 1 atom stereocenters. The molecular weight excluding hydrogens is 324 g/mol. The molecule has 0 aliphatic carbocycles. The summed E-state index contributed by atoms with van der Waals surface area (Å²) in [6.07, 6.45) is -1.10. The van der Waals surface area contributed by atoms with Crippen molar-refractivity contribution in [2.45, 2.75) is 26.9 Å². The summed E-state index contributed by atoms with van der Waals surface area (Å²) in [5, 5.41) is 13.4. The molecule has 25 heavy (non-hydrogen) atoms. The topological polar surface area (TPSA) is 98.5 Å². The molecule has 0 fully saturated rings. The molecule has 0 unspecified atom stereocenters. The fourth-order valence-electron chi connectivity index (χ4n) is 2.21. The summed E-state index contributed by atoms with van der Waals surface area (Å²) in [6, 6.07) is 11.1. The zero-order valence-corrected chi connectivity index (χ0v) is 14.1. The number of esters is 1. The van der Waals surface area contributed by atoms with E-state index >= 15 is 0 Å². The summed E-state index contributed by atoms with van der Waals surface area (Å²) in [6.45, 7) is 5.03. The Labute approximate surface area is 144 Å². The van der Waals surface area contributed by atoms with E-state index < -0.39 is 22.9 Å². The third-order valence-corrected chi connectivity index (χ3v) is 3.62. The van der Waals surface area contributed by atoms with E-state index in [-0.39, 0.29) is 11.4 Å². The third-order valence-electron chi connectivity index (χ3n) is 3.62. The number of hydrogen-bond acceptors (Lipinski definition) is 5. The van der Waals surface area contributed by atoms with Crippen LogP contribution in [0.1, 0.15) is 28.4 Å². The van der Waals surface area contributed by atoms with Crippen molar-refractivity contribution in [3.05, 3.63) is 69.3 Å². The molecule has 0 saturated heterocycles. The number of ether oxygens (including phenoxy) is 1. The molecular formula is C18H18N2O5. The summed E-state index contributed by atoms with van der Waals surface area (Å²) in [5.74, 6) is -1.26. The van der Waals surface area contributed by atoms with Crippen molar-refractivity contribution in [2.24, 2.45) is 0 Å². The second kappa shape index (κ2) is 7.57. The number of nitrogens with one attached hydrogen (secondary N) is 1. The van der Waals surface area contributed by atoms with Gasteiger partial charge in [-0.2, -0.15) is 0 Å². The van der Waals surface area contributed by atoms with Gasteiger partial charge in [-0.3, -0.25) is 14.9 Å². The van der Waals surface area contributed by atoms with Crippen LogP contribution in [0, 0.1) is 24.0 Å². The van der Waals surface area contributed by atoms with Crippen molar-refractivity contribution in [3.8, 4) is 0 Å². The Kier molecular flexibility index (Phi) is 5.49. The van der Waals surface area contributed by atoms with Crippen LogP contribution in [-0.4, -0.2) is 22.9 Å². The number of nitrogens with zero attached hydrogens (tertiary/aromatic N) is 1. The first kappa shape index (κ1) is 18.1. The molecule has 0 radical (unpaired) electrons. The maximum atomic E-state index is 12.2. The zero-order chi connectivity index (χ0) is 18.6. The fraction of sp³-hybridized carbons (Fsp3) is 0.222. The minimum atomic E-state index is -1.10. The highest BCUT2D eigenvalue weighted by Crippen LogP contribution is 2.23. The van der Waals surface area contributed by atoms with Crippen LogP contribution in [0.2, 0.25) is 0 Å². The summed E-state index contributed by atoms with van der Waals surface area (Å²) in [4.78, 5) is 34.8. The number of nitro groups is 1. The number of carbonyl (C=O) groups is 2. The standard InChI is InChI=1S/C18H18N2O5/c1-11-8-9-12(2)14(10-11)18(22)25-13(3)17(21)19-15-6-4-5-7-16(15)20(23)24/h4-10,13H,1-3H3,(H,19,21)/t13-/m0/s1. The van der Waals surface area contributed by atoms with E-state index in [2.05, 4.69) is 5.32 Å². The van der Waals surface area contributed by atoms with E-state index in [0.717, 1.165) is 11.1 Å².